The second-order valence-electron chi connectivity index (χ2n) is 4.73. The van der Waals surface area contributed by atoms with E-state index in [0.29, 0.717) is 30.1 Å². The minimum absolute atomic E-state index is 0.0304. The van der Waals surface area contributed by atoms with Gasteiger partial charge >= 0.3 is 0 Å². The average molecular weight is 290 g/mol. The molecule has 0 bridgehead atoms. The Morgan fingerprint density at radius 1 is 1.48 bits per heavy atom. The van der Waals surface area contributed by atoms with Gasteiger partial charge in [-0.05, 0) is 13.0 Å². The summed E-state index contributed by atoms with van der Waals surface area (Å²) in [6.45, 7) is 3.67. The van der Waals surface area contributed by atoms with Gasteiger partial charge in [0.05, 0.1) is 11.5 Å². The molecule has 0 saturated carbocycles. The molecule has 21 heavy (non-hydrogen) atoms. The largest absolute Gasteiger partial charge is 0.367 e. The molecule has 0 spiro atoms. The van der Waals surface area contributed by atoms with E-state index in [1.165, 1.54) is 6.07 Å². The SMILES string of the molecule is Cc1c(-c2nc(C3CNCCO3)no2)cccc1[N+](=O)[O-]. The highest BCUT2D eigenvalue weighted by Gasteiger charge is 2.24. The Labute approximate surface area is 120 Å². The van der Waals surface area contributed by atoms with Crippen LogP contribution >= 0.6 is 0 Å². The van der Waals surface area contributed by atoms with Crippen molar-refractivity contribution >= 4 is 5.69 Å². The van der Waals surface area contributed by atoms with E-state index in [9.17, 15) is 10.1 Å². The molecule has 8 nitrogen and oxygen atoms in total. The van der Waals surface area contributed by atoms with Gasteiger partial charge in [0, 0.05) is 30.3 Å². The highest BCUT2D eigenvalue weighted by Crippen LogP contribution is 2.29. The molecule has 8 heteroatoms. The van der Waals surface area contributed by atoms with Gasteiger partial charge in [-0.2, -0.15) is 4.98 Å². The quantitative estimate of drug-likeness (QED) is 0.676. The number of morpholine rings is 1. The van der Waals surface area contributed by atoms with Crippen LogP contribution in [0.1, 0.15) is 17.5 Å². The van der Waals surface area contributed by atoms with Crippen LogP contribution in [0.25, 0.3) is 11.5 Å². The third kappa shape index (κ3) is 2.63. The van der Waals surface area contributed by atoms with Crippen LogP contribution < -0.4 is 5.32 Å². The third-order valence-corrected chi connectivity index (χ3v) is 3.39. The van der Waals surface area contributed by atoms with Gasteiger partial charge in [-0.1, -0.05) is 11.2 Å². The number of nitrogens with one attached hydrogen (secondary N) is 1. The van der Waals surface area contributed by atoms with Crippen molar-refractivity contribution in [3.8, 4) is 11.5 Å². The molecule has 1 saturated heterocycles. The van der Waals surface area contributed by atoms with Crippen LogP contribution in [-0.4, -0.2) is 34.8 Å². The molecule has 1 N–H and O–H groups in total. The zero-order chi connectivity index (χ0) is 14.8. The summed E-state index contributed by atoms with van der Waals surface area (Å²) in [5, 5.41) is 18.1. The average Bonchev–Trinajstić information content (AvgIpc) is 2.98. The minimum Gasteiger partial charge on any atom is -0.367 e. The van der Waals surface area contributed by atoms with E-state index in [1.807, 2.05) is 0 Å². The van der Waals surface area contributed by atoms with Crippen LogP contribution in [0.15, 0.2) is 22.7 Å². The van der Waals surface area contributed by atoms with Gasteiger partial charge in [0.2, 0.25) is 5.82 Å². The van der Waals surface area contributed by atoms with E-state index in [1.54, 1.807) is 19.1 Å². The monoisotopic (exact) mass is 290 g/mol. The summed E-state index contributed by atoms with van der Waals surface area (Å²) in [4.78, 5) is 14.8. The summed E-state index contributed by atoms with van der Waals surface area (Å²) in [5.74, 6) is 0.712. The first kappa shape index (κ1) is 13.7. The topological polar surface area (TPSA) is 103 Å². The Kier molecular flexibility index (Phi) is 3.63. The van der Waals surface area contributed by atoms with Crippen molar-refractivity contribution in [2.45, 2.75) is 13.0 Å². The first-order valence-corrected chi connectivity index (χ1v) is 6.57. The normalized spacial score (nSPS) is 18.6. The van der Waals surface area contributed by atoms with Crippen LogP contribution in [0.3, 0.4) is 0 Å². The molecule has 2 aromatic rings. The lowest BCUT2D eigenvalue weighted by molar-refractivity contribution is -0.385. The summed E-state index contributed by atoms with van der Waals surface area (Å²) < 4.78 is 10.8. The van der Waals surface area contributed by atoms with E-state index in [2.05, 4.69) is 15.5 Å². The second-order valence-corrected chi connectivity index (χ2v) is 4.73. The molecular weight excluding hydrogens is 276 g/mol. The highest BCUT2D eigenvalue weighted by atomic mass is 16.6. The second kappa shape index (κ2) is 5.58. The molecule has 1 aromatic heterocycles. The van der Waals surface area contributed by atoms with Crippen molar-refractivity contribution < 1.29 is 14.2 Å². The molecule has 2 heterocycles. The number of benzene rings is 1. The third-order valence-electron chi connectivity index (χ3n) is 3.39. The Hall–Kier alpha value is -2.32. The predicted octanol–water partition coefficient (Wildman–Crippen LogP) is 1.61. The van der Waals surface area contributed by atoms with Gasteiger partial charge in [0.1, 0.15) is 6.10 Å². The lowest BCUT2D eigenvalue weighted by atomic mass is 10.1. The number of hydrogen-bond acceptors (Lipinski definition) is 7. The Morgan fingerprint density at radius 2 is 2.33 bits per heavy atom. The summed E-state index contributed by atoms with van der Waals surface area (Å²) in [7, 11) is 0. The van der Waals surface area contributed by atoms with Gasteiger partial charge in [-0.25, -0.2) is 0 Å². The van der Waals surface area contributed by atoms with Crippen LogP contribution in [0.5, 0.6) is 0 Å². The van der Waals surface area contributed by atoms with Crippen molar-refractivity contribution in [2.75, 3.05) is 19.7 Å². The Morgan fingerprint density at radius 3 is 3.05 bits per heavy atom. The maximum absolute atomic E-state index is 11.0. The smallest absolute Gasteiger partial charge is 0.273 e. The zero-order valence-corrected chi connectivity index (χ0v) is 11.4. The van der Waals surface area contributed by atoms with Crippen molar-refractivity contribution in [1.82, 2.24) is 15.5 Å². The van der Waals surface area contributed by atoms with E-state index in [4.69, 9.17) is 9.26 Å². The van der Waals surface area contributed by atoms with Crippen molar-refractivity contribution in [3.05, 3.63) is 39.7 Å². The Bertz CT molecular complexity index is 664. The molecule has 110 valence electrons. The lowest BCUT2D eigenvalue weighted by Gasteiger charge is -2.20. The fraction of sp³-hybridized carbons (Fsp3) is 0.385. The fourth-order valence-electron chi connectivity index (χ4n) is 2.26. The van der Waals surface area contributed by atoms with Crippen LogP contribution in [-0.2, 0) is 4.74 Å². The standard InChI is InChI=1S/C13H14N4O4/c1-8-9(3-2-4-10(8)17(18)19)13-15-12(16-21-13)11-7-14-5-6-20-11/h2-4,11,14H,5-7H2,1H3. The molecule has 1 aromatic carbocycles. The molecule has 1 aliphatic rings. The van der Waals surface area contributed by atoms with Gasteiger partial charge in [0.15, 0.2) is 0 Å². The van der Waals surface area contributed by atoms with Crippen LogP contribution in [0, 0.1) is 17.0 Å². The van der Waals surface area contributed by atoms with Crippen molar-refractivity contribution in [2.24, 2.45) is 0 Å². The molecule has 0 amide bonds. The van der Waals surface area contributed by atoms with Crippen LogP contribution in [0.4, 0.5) is 5.69 Å². The lowest BCUT2D eigenvalue weighted by Crippen LogP contribution is -2.33. The van der Waals surface area contributed by atoms with Gasteiger partial charge in [-0.15, -0.1) is 0 Å². The summed E-state index contributed by atoms with van der Waals surface area (Å²) in [5.41, 5.74) is 1.09. The zero-order valence-electron chi connectivity index (χ0n) is 11.4. The maximum Gasteiger partial charge on any atom is 0.273 e. The summed E-state index contributed by atoms with van der Waals surface area (Å²) in [6.07, 6.45) is -0.254. The highest BCUT2D eigenvalue weighted by molar-refractivity contribution is 5.64. The van der Waals surface area contributed by atoms with E-state index in [-0.39, 0.29) is 17.7 Å². The first-order chi connectivity index (χ1) is 10.2. The van der Waals surface area contributed by atoms with E-state index in [0.717, 1.165) is 6.54 Å². The number of hydrogen-bond donors (Lipinski definition) is 1. The van der Waals surface area contributed by atoms with Crippen molar-refractivity contribution in [1.29, 1.82) is 0 Å². The molecular formula is C13H14N4O4. The summed E-state index contributed by atoms with van der Waals surface area (Å²) in [6, 6.07) is 4.77. The number of aromatic nitrogens is 2. The number of nitrogens with zero attached hydrogens (tertiary/aromatic N) is 3. The first-order valence-electron chi connectivity index (χ1n) is 6.57. The molecule has 1 fully saturated rings. The molecule has 1 unspecified atom stereocenters. The van der Waals surface area contributed by atoms with Gasteiger partial charge in [0.25, 0.3) is 11.6 Å². The molecule has 0 aliphatic carbocycles. The fourth-order valence-corrected chi connectivity index (χ4v) is 2.26. The van der Waals surface area contributed by atoms with Gasteiger partial charge in [-0.3, -0.25) is 10.1 Å². The molecule has 0 radical (unpaired) electrons. The number of rotatable bonds is 3. The van der Waals surface area contributed by atoms with E-state index < -0.39 is 4.92 Å². The number of nitro groups is 1. The summed E-state index contributed by atoms with van der Waals surface area (Å²) >= 11 is 0. The molecule has 1 atom stereocenters. The van der Waals surface area contributed by atoms with Crippen molar-refractivity contribution in [3.63, 3.8) is 0 Å². The minimum atomic E-state index is -0.426. The van der Waals surface area contributed by atoms with Crippen LogP contribution in [0.2, 0.25) is 0 Å². The molecule has 3 rings (SSSR count). The maximum atomic E-state index is 11.0. The number of ether oxygens (including phenoxy) is 1. The van der Waals surface area contributed by atoms with Gasteiger partial charge < -0.3 is 14.6 Å². The predicted molar refractivity (Wildman–Crippen MR) is 72.7 cm³/mol. The number of nitro benzene ring substituents is 1. The molecule has 1 aliphatic heterocycles. The van der Waals surface area contributed by atoms with E-state index >= 15 is 0 Å². The Balaban J connectivity index is 1.93.